The fourth-order valence-electron chi connectivity index (χ4n) is 2.78. The number of aliphatic hydroxyl groups excluding tert-OH is 1. The Bertz CT molecular complexity index is 354. The molecule has 1 aromatic rings. The molecule has 22 heavy (non-hydrogen) atoms. The molecule has 0 amide bonds. The molecule has 0 aliphatic heterocycles. The molecule has 0 unspecified atom stereocenters. The zero-order valence-electron chi connectivity index (χ0n) is 14.1. The van der Waals surface area contributed by atoms with Gasteiger partial charge in [0.05, 0.1) is 0 Å². The Labute approximate surface area is 136 Å². The lowest BCUT2D eigenvalue weighted by Gasteiger charge is -2.23. The number of unbranched alkanes of at least 4 members (excludes halogenated alkanes) is 7. The molecule has 1 aromatic carbocycles. The highest BCUT2D eigenvalue weighted by Gasteiger charge is 2.09. The first-order valence-electron chi connectivity index (χ1n) is 8.84. The molecule has 126 valence electrons. The minimum atomic E-state index is -1.25. The topological polar surface area (TPSA) is 43.7 Å². The molecule has 0 fully saturated rings. The summed E-state index contributed by atoms with van der Waals surface area (Å²) < 4.78 is 0. The van der Waals surface area contributed by atoms with Crippen molar-refractivity contribution in [3.63, 3.8) is 0 Å². The lowest BCUT2D eigenvalue weighted by Crippen LogP contribution is -2.32. The Balaban J connectivity index is 2.18. The highest BCUT2D eigenvalue weighted by Crippen LogP contribution is 2.10. The van der Waals surface area contributed by atoms with E-state index < -0.39 is 6.29 Å². The number of hydrogen-bond donors (Lipinski definition) is 2. The lowest BCUT2D eigenvalue weighted by atomic mass is 10.1. The summed E-state index contributed by atoms with van der Waals surface area (Å²) in [6, 6.07) is 10.2. The van der Waals surface area contributed by atoms with Crippen LogP contribution >= 0.6 is 0 Å². The summed E-state index contributed by atoms with van der Waals surface area (Å²) in [7, 11) is 0. The molecule has 0 spiro atoms. The van der Waals surface area contributed by atoms with Crippen LogP contribution in [0.3, 0.4) is 0 Å². The van der Waals surface area contributed by atoms with Gasteiger partial charge in [0.1, 0.15) is 0 Å². The van der Waals surface area contributed by atoms with E-state index in [9.17, 15) is 10.2 Å². The fraction of sp³-hybridized carbons (Fsp3) is 0.684. The predicted molar refractivity (Wildman–Crippen MR) is 92.6 cm³/mol. The molecule has 0 aliphatic rings. The monoisotopic (exact) mass is 307 g/mol. The van der Waals surface area contributed by atoms with Crippen LogP contribution in [-0.2, 0) is 6.54 Å². The van der Waals surface area contributed by atoms with Crippen LogP contribution in [0, 0.1) is 0 Å². The van der Waals surface area contributed by atoms with Crippen molar-refractivity contribution < 1.29 is 10.2 Å². The molecule has 3 nitrogen and oxygen atoms in total. The van der Waals surface area contributed by atoms with Gasteiger partial charge in [-0.2, -0.15) is 0 Å². The largest absolute Gasteiger partial charge is 0.367 e. The van der Waals surface area contributed by atoms with Crippen molar-refractivity contribution in [2.75, 3.05) is 13.1 Å². The summed E-state index contributed by atoms with van der Waals surface area (Å²) in [6.45, 7) is 4.29. The summed E-state index contributed by atoms with van der Waals surface area (Å²) in [4.78, 5) is 2.14. The molecule has 3 heteroatoms. The van der Waals surface area contributed by atoms with E-state index in [4.69, 9.17) is 0 Å². The number of rotatable bonds is 13. The molecule has 0 atom stereocenters. The first-order valence-corrected chi connectivity index (χ1v) is 8.84. The number of aliphatic hydroxyl groups is 2. The molecule has 0 radical (unpaired) electrons. The third-order valence-electron chi connectivity index (χ3n) is 4.00. The highest BCUT2D eigenvalue weighted by atomic mass is 16.5. The molecule has 2 N–H and O–H groups in total. The van der Waals surface area contributed by atoms with Crippen LogP contribution in [-0.4, -0.2) is 34.5 Å². The zero-order valence-corrected chi connectivity index (χ0v) is 14.1. The summed E-state index contributed by atoms with van der Waals surface area (Å²) in [5, 5.41) is 18.5. The van der Waals surface area contributed by atoms with Crippen LogP contribution in [0.1, 0.15) is 63.9 Å². The maximum Gasteiger partial charge on any atom is 0.164 e. The Morgan fingerprint density at radius 2 is 1.45 bits per heavy atom. The SMILES string of the molecule is CCCCCCCCCCN(Cc1ccccc1)CC(O)O. The van der Waals surface area contributed by atoms with Crippen LogP contribution in [0.2, 0.25) is 0 Å². The number of hydrogen-bond acceptors (Lipinski definition) is 3. The van der Waals surface area contributed by atoms with Gasteiger partial charge in [0.25, 0.3) is 0 Å². The summed E-state index contributed by atoms with van der Waals surface area (Å²) >= 11 is 0. The number of nitrogens with zero attached hydrogens (tertiary/aromatic N) is 1. The maximum absolute atomic E-state index is 9.24. The van der Waals surface area contributed by atoms with Gasteiger partial charge in [-0.25, -0.2) is 0 Å². The number of benzene rings is 1. The second kappa shape index (κ2) is 12.6. The first-order chi connectivity index (χ1) is 10.7. The summed E-state index contributed by atoms with van der Waals surface area (Å²) in [5.41, 5.74) is 1.22. The van der Waals surface area contributed by atoms with Crippen LogP contribution < -0.4 is 0 Å². The Morgan fingerprint density at radius 1 is 0.864 bits per heavy atom. The first kappa shape index (κ1) is 19.1. The molecular weight excluding hydrogens is 274 g/mol. The van der Waals surface area contributed by atoms with Crippen LogP contribution in [0.4, 0.5) is 0 Å². The van der Waals surface area contributed by atoms with E-state index in [1.165, 1.54) is 50.5 Å². The second-order valence-corrected chi connectivity index (χ2v) is 6.18. The highest BCUT2D eigenvalue weighted by molar-refractivity contribution is 5.14. The zero-order chi connectivity index (χ0) is 16.0. The summed E-state index contributed by atoms with van der Waals surface area (Å²) in [5.74, 6) is 0. The van der Waals surface area contributed by atoms with Gasteiger partial charge in [-0.3, -0.25) is 4.90 Å². The standard InChI is InChI=1S/C19H33NO2/c1-2-3-4-5-6-7-8-12-15-20(17-19(21)22)16-18-13-10-9-11-14-18/h9-11,13-14,19,21-22H,2-8,12,15-17H2,1H3. The van der Waals surface area contributed by atoms with Crippen molar-refractivity contribution in [3.8, 4) is 0 Å². The average Bonchev–Trinajstić information content (AvgIpc) is 2.50. The Morgan fingerprint density at radius 3 is 2.05 bits per heavy atom. The van der Waals surface area contributed by atoms with Crippen molar-refractivity contribution in [1.82, 2.24) is 4.90 Å². The molecule has 0 saturated carbocycles. The van der Waals surface area contributed by atoms with E-state index in [0.29, 0.717) is 6.54 Å². The normalized spacial score (nSPS) is 11.5. The summed E-state index contributed by atoms with van der Waals surface area (Å²) in [6.07, 6.45) is 9.14. The minimum Gasteiger partial charge on any atom is -0.367 e. The van der Waals surface area contributed by atoms with Gasteiger partial charge in [-0.15, -0.1) is 0 Å². The average molecular weight is 307 g/mol. The third-order valence-corrected chi connectivity index (χ3v) is 4.00. The molecular formula is C19H33NO2. The van der Waals surface area contributed by atoms with E-state index >= 15 is 0 Å². The molecule has 0 saturated heterocycles. The maximum atomic E-state index is 9.24. The van der Waals surface area contributed by atoms with Crippen molar-refractivity contribution in [2.24, 2.45) is 0 Å². The van der Waals surface area contributed by atoms with Crippen molar-refractivity contribution >= 4 is 0 Å². The quantitative estimate of drug-likeness (QED) is 0.428. The van der Waals surface area contributed by atoms with Gasteiger partial charge >= 0.3 is 0 Å². The van der Waals surface area contributed by atoms with Crippen molar-refractivity contribution in [3.05, 3.63) is 35.9 Å². The van der Waals surface area contributed by atoms with Gasteiger partial charge in [-0.1, -0.05) is 82.2 Å². The predicted octanol–water partition coefficient (Wildman–Crippen LogP) is 3.94. The molecule has 1 rings (SSSR count). The van der Waals surface area contributed by atoms with E-state index in [-0.39, 0.29) is 0 Å². The second-order valence-electron chi connectivity index (χ2n) is 6.18. The molecule has 0 bridgehead atoms. The third kappa shape index (κ3) is 9.93. The van der Waals surface area contributed by atoms with Gasteiger partial charge in [0.2, 0.25) is 0 Å². The van der Waals surface area contributed by atoms with Crippen LogP contribution in [0.5, 0.6) is 0 Å². The van der Waals surface area contributed by atoms with Crippen LogP contribution in [0.15, 0.2) is 30.3 Å². The molecule has 0 aromatic heterocycles. The lowest BCUT2D eigenvalue weighted by molar-refractivity contribution is -0.0628. The van der Waals surface area contributed by atoms with Crippen molar-refractivity contribution in [2.45, 2.75) is 71.1 Å². The van der Waals surface area contributed by atoms with E-state index in [2.05, 4.69) is 24.0 Å². The Hall–Kier alpha value is -0.900. The van der Waals surface area contributed by atoms with E-state index in [1.54, 1.807) is 0 Å². The van der Waals surface area contributed by atoms with E-state index in [0.717, 1.165) is 19.5 Å². The van der Waals surface area contributed by atoms with E-state index in [1.807, 2.05) is 18.2 Å². The smallest absolute Gasteiger partial charge is 0.164 e. The van der Waals surface area contributed by atoms with Crippen molar-refractivity contribution in [1.29, 1.82) is 0 Å². The van der Waals surface area contributed by atoms with Gasteiger partial charge in [0, 0.05) is 13.1 Å². The minimum absolute atomic E-state index is 0.325. The fourth-order valence-corrected chi connectivity index (χ4v) is 2.78. The van der Waals surface area contributed by atoms with Crippen LogP contribution in [0.25, 0.3) is 0 Å². The van der Waals surface area contributed by atoms with Gasteiger partial charge in [-0.05, 0) is 18.5 Å². The van der Waals surface area contributed by atoms with Gasteiger partial charge < -0.3 is 10.2 Å². The molecule has 0 heterocycles. The Kier molecular flexibility index (Phi) is 11.0. The van der Waals surface area contributed by atoms with Gasteiger partial charge in [0.15, 0.2) is 6.29 Å². The molecule has 0 aliphatic carbocycles.